The molecule has 1 heterocycles. The van der Waals surface area contributed by atoms with Gasteiger partial charge in [-0.1, -0.05) is 30.3 Å². The van der Waals surface area contributed by atoms with E-state index in [0.29, 0.717) is 6.04 Å². The van der Waals surface area contributed by atoms with E-state index in [4.69, 9.17) is 4.74 Å². The van der Waals surface area contributed by atoms with Crippen molar-refractivity contribution < 1.29 is 9.64 Å². The number of nitrogens with zero attached hydrogens (tertiary/aromatic N) is 1. The highest BCUT2D eigenvalue weighted by molar-refractivity contribution is 5.46. The molecule has 3 rings (SSSR count). The lowest BCUT2D eigenvalue weighted by molar-refractivity contribution is -0.924. The summed E-state index contributed by atoms with van der Waals surface area (Å²) >= 11 is 0. The van der Waals surface area contributed by atoms with Crippen LogP contribution in [0.25, 0.3) is 0 Å². The van der Waals surface area contributed by atoms with Crippen LogP contribution in [0.1, 0.15) is 18.9 Å². The average molecular weight is 325 g/mol. The van der Waals surface area contributed by atoms with Crippen molar-refractivity contribution >= 4 is 5.69 Å². The minimum Gasteiger partial charge on any atom is -0.497 e. The van der Waals surface area contributed by atoms with Gasteiger partial charge in [0.15, 0.2) is 0 Å². The predicted molar refractivity (Wildman–Crippen MR) is 100 cm³/mol. The highest BCUT2D eigenvalue weighted by atomic mass is 16.5. The SMILES string of the molecule is COc1ccc(CC[C@@H](C)[NH+]2CCN(c3ccccc3)CC2)cc1. The summed E-state index contributed by atoms with van der Waals surface area (Å²) in [7, 11) is 1.72. The molecule has 1 saturated heterocycles. The first-order valence-electron chi connectivity index (χ1n) is 9.04. The summed E-state index contributed by atoms with van der Waals surface area (Å²) < 4.78 is 5.23. The molecule has 128 valence electrons. The van der Waals surface area contributed by atoms with Crippen molar-refractivity contribution in [2.45, 2.75) is 25.8 Å². The van der Waals surface area contributed by atoms with Crippen LogP contribution in [0.15, 0.2) is 54.6 Å². The van der Waals surface area contributed by atoms with Gasteiger partial charge in [0, 0.05) is 12.1 Å². The number of hydrogen-bond acceptors (Lipinski definition) is 2. The highest BCUT2D eigenvalue weighted by Crippen LogP contribution is 2.14. The van der Waals surface area contributed by atoms with E-state index >= 15 is 0 Å². The van der Waals surface area contributed by atoms with Crippen LogP contribution in [-0.4, -0.2) is 39.3 Å². The molecule has 1 atom stereocenters. The van der Waals surface area contributed by atoms with Gasteiger partial charge in [-0.05, 0) is 43.2 Å². The standard InChI is InChI=1S/C21H28N2O/c1-18(8-9-19-10-12-21(24-2)13-11-19)22-14-16-23(17-15-22)20-6-4-3-5-7-20/h3-7,10-13,18H,8-9,14-17H2,1-2H3/p+1/t18-/m1/s1. The van der Waals surface area contributed by atoms with Gasteiger partial charge < -0.3 is 14.5 Å². The Balaban J connectivity index is 1.45. The predicted octanol–water partition coefficient (Wildman–Crippen LogP) is 2.42. The Morgan fingerprint density at radius 1 is 1.00 bits per heavy atom. The highest BCUT2D eigenvalue weighted by Gasteiger charge is 2.24. The number of ether oxygens (including phenoxy) is 1. The molecule has 0 aromatic heterocycles. The largest absolute Gasteiger partial charge is 0.497 e. The quantitative estimate of drug-likeness (QED) is 0.878. The number of quaternary nitrogens is 1. The third-order valence-corrected chi connectivity index (χ3v) is 5.25. The summed E-state index contributed by atoms with van der Waals surface area (Å²) in [5, 5.41) is 0. The van der Waals surface area contributed by atoms with E-state index in [-0.39, 0.29) is 0 Å². The van der Waals surface area contributed by atoms with Crippen LogP contribution in [0.4, 0.5) is 5.69 Å². The molecule has 0 bridgehead atoms. The monoisotopic (exact) mass is 325 g/mol. The van der Waals surface area contributed by atoms with Gasteiger partial charge in [0.25, 0.3) is 0 Å². The molecule has 1 N–H and O–H groups in total. The third-order valence-electron chi connectivity index (χ3n) is 5.25. The molecule has 3 heteroatoms. The zero-order valence-electron chi connectivity index (χ0n) is 14.9. The first kappa shape index (κ1) is 16.8. The van der Waals surface area contributed by atoms with Crippen molar-refractivity contribution in [2.75, 3.05) is 38.2 Å². The molecule has 0 aliphatic carbocycles. The van der Waals surface area contributed by atoms with Gasteiger partial charge in [-0.3, -0.25) is 0 Å². The van der Waals surface area contributed by atoms with Crippen molar-refractivity contribution in [2.24, 2.45) is 0 Å². The molecule has 3 nitrogen and oxygen atoms in total. The van der Waals surface area contributed by atoms with E-state index in [1.807, 2.05) is 0 Å². The second-order valence-electron chi connectivity index (χ2n) is 6.77. The number of rotatable bonds is 6. The maximum Gasteiger partial charge on any atom is 0.118 e. The Morgan fingerprint density at radius 2 is 1.67 bits per heavy atom. The van der Waals surface area contributed by atoms with Crippen LogP contribution in [0.3, 0.4) is 0 Å². The number of methoxy groups -OCH3 is 1. The van der Waals surface area contributed by atoms with E-state index < -0.39 is 0 Å². The fraction of sp³-hybridized carbons (Fsp3) is 0.429. The van der Waals surface area contributed by atoms with Gasteiger partial charge in [-0.2, -0.15) is 0 Å². The Morgan fingerprint density at radius 3 is 2.29 bits per heavy atom. The minimum absolute atomic E-state index is 0.713. The number of aryl methyl sites for hydroxylation is 1. The van der Waals surface area contributed by atoms with Crippen LogP contribution in [-0.2, 0) is 6.42 Å². The van der Waals surface area contributed by atoms with Crippen molar-refractivity contribution in [1.29, 1.82) is 0 Å². The summed E-state index contributed by atoms with van der Waals surface area (Å²) in [4.78, 5) is 4.26. The molecular formula is C21H29N2O+. The second-order valence-corrected chi connectivity index (χ2v) is 6.77. The van der Waals surface area contributed by atoms with Gasteiger partial charge in [-0.15, -0.1) is 0 Å². The molecule has 0 amide bonds. The van der Waals surface area contributed by atoms with E-state index in [1.165, 1.54) is 30.8 Å². The second kappa shape index (κ2) is 8.20. The van der Waals surface area contributed by atoms with Gasteiger partial charge in [0.2, 0.25) is 0 Å². The molecular weight excluding hydrogens is 296 g/mol. The molecule has 0 saturated carbocycles. The van der Waals surface area contributed by atoms with Crippen LogP contribution in [0, 0.1) is 0 Å². The zero-order chi connectivity index (χ0) is 16.8. The van der Waals surface area contributed by atoms with Crippen molar-refractivity contribution in [3.05, 3.63) is 60.2 Å². The maximum atomic E-state index is 5.23. The van der Waals surface area contributed by atoms with E-state index in [9.17, 15) is 0 Å². The molecule has 1 fully saturated rings. The molecule has 0 unspecified atom stereocenters. The summed E-state index contributed by atoms with van der Waals surface area (Å²) in [6, 6.07) is 20.0. The Hall–Kier alpha value is -2.00. The first-order chi connectivity index (χ1) is 11.8. The number of hydrogen-bond donors (Lipinski definition) is 1. The summed E-state index contributed by atoms with van der Waals surface area (Å²) in [5.41, 5.74) is 2.77. The van der Waals surface area contributed by atoms with Crippen LogP contribution < -0.4 is 14.5 Å². The summed E-state index contributed by atoms with van der Waals surface area (Å²) in [5.74, 6) is 0.939. The Labute approximate surface area is 145 Å². The molecule has 0 radical (unpaired) electrons. The van der Waals surface area contributed by atoms with Gasteiger partial charge in [0.05, 0.1) is 39.3 Å². The fourth-order valence-corrected chi connectivity index (χ4v) is 3.56. The number of anilines is 1. The van der Waals surface area contributed by atoms with Crippen LogP contribution in [0.5, 0.6) is 5.75 Å². The molecule has 0 spiro atoms. The lowest BCUT2D eigenvalue weighted by Gasteiger charge is -2.36. The number of para-hydroxylation sites is 1. The van der Waals surface area contributed by atoms with Gasteiger partial charge in [0.1, 0.15) is 5.75 Å². The van der Waals surface area contributed by atoms with Gasteiger partial charge >= 0.3 is 0 Å². The zero-order valence-corrected chi connectivity index (χ0v) is 14.9. The van der Waals surface area contributed by atoms with Crippen molar-refractivity contribution in [3.63, 3.8) is 0 Å². The van der Waals surface area contributed by atoms with E-state index in [1.54, 1.807) is 12.0 Å². The smallest absolute Gasteiger partial charge is 0.118 e. The summed E-state index contributed by atoms with van der Waals surface area (Å²) in [6.45, 7) is 7.19. The molecule has 2 aromatic carbocycles. The third kappa shape index (κ3) is 4.30. The molecule has 1 aliphatic rings. The lowest BCUT2D eigenvalue weighted by atomic mass is 10.0. The van der Waals surface area contributed by atoms with E-state index in [0.717, 1.165) is 25.3 Å². The average Bonchev–Trinajstić information content (AvgIpc) is 2.67. The Kier molecular flexibility index (Phi) is 5.76. The number of piperazine rings is 1. The normalized spacial score (nSPS) is 16.8. The first-order valence-corrected chi connectivity index (χ1v) is 9.04. The number of nitrogens with one attached hydrogen (secondary N) is 1. The van der Waals surface area contributed by atoms with Crippen molar-refractivity contribution in [3.8, 4) is 5.75 Å². The lowest BCUT2D eigenvalue weighted by Crippen LogP contribution is -3.18. The molecule has 24 heavy (non-hydrogen) atoms. The number of benzene rings is 2. The van der Waals surface area contributed by atoms with Gasteiger partial charge in [-0.25, -0.2) is 0 Å². The van der Waals surface area contributed by atoms with Crippen molar-refractivity contribution in [1.82, 2.24) is 0 Å². The van der Waals surface area contributed by atoms with Crippen LogP contribution >= 0.6 is 0 Å². The maximum absolute atomic E-state index is 5.23. The minimum atomic E-state index is 0.713. The summed E-state index contributed by atoms with van der Waals surface area (Å²) in [6.07, 6.45) is 2.39. The van der Waals surface area contributed by atoms with Crippen LogP contribution in [0.2, 0.25) is 0 Å². The molecule has 2 aromatic rings. The fourth-order valence-electron chi connectivity index (χ4n) is 3.56. The van der Waals surface area contributed by atoms with E-state index in [2.05, 4.69) is 66.4 Å². The molecule has 1 aliphatic heterocycles. The topological polar surface area (TPSA) is 16.9 Å². The Bertz CT molecular complexity index is 603.